The molecule has 0 bridgehead atoms. The Morgan fingerprint density at radius 1 is 1.08 bits per heavy atom. The van der Waals surface area contributed by atoms with Gasteiger partial charge in [0, 0.05) is 32.2 Å². The Kier molecular flexibility index (Phi) is 5.97. The lowest BCUT2D eigenvalue weighted by atomic mass is 10.1. The fourth-order valence-electron chi connectivity index (χ4n) is 3.01. The third-order valence-corrected chi connectivity index (χ3v) is 4.36. The molecule has 0 radical (unpaired) electrons. The lowest BCUT2D eigenvalue weighted by molar-refractivity contribution is 0.0333. The standard InChI is InChI=1S/C20H23N3O/c21-14-17-5-4-6-18(13-17)15-22-20(19-7-2-1-3-8-19)16-23-9-11-24-12-10-23/h1-8,13,20,22H,9-12,15-16H2/t20-/m0/s1. The second-order valence-corrected chi connectivity index (χ2v) is 6.07. The number of hydrogen-bond donors (Lipinski definition) is 1. The molecule has 1 aliphatic rings. The molecule has 0 spiro atoms. The third kappa shape index (κ3) is 4.65. The first-order valence-electron chi connectivity index (χ1n) is 8.42. The first kappa shape index (κ1) is 16.7. The highest BCUT2D eigenvalue weighted by atomic mass is 16.5. The maximum absolute atomic E-state index is 9.04. The average molecular weight is 321 g/mol. The van der Waals surface area contributed by atoms with E-state index >= 15 is 0 Å². The quantitative estimate of drug-likeness (QED) is 0.889. The van der Waals surface area contributed by atoms with E-state index in [0.29, 0.717) is 5.56 Å². The van der Waals surface area contributed by atoms with E-state index in [1.165, 1.54) is 5.56 Å². The van der Waals surface area contributed by atoms with Crippen LogP contribution < -0.4 is 5.32 Å². The van der Waals surface area contributed by atoms with E-state index in [9.17, 15) is 0 Å². The van der Waals surface area contributed by atoms with Crippen LogP contribution in [-0.2, 0) is 11.3 Å². The van der Waals surface area contributed by atoms with Gasteiger partial charge >= 0.3 is 0 Å². The van der Waals surface area contributed by atoms with Gasteiger partial charge in [0.25, 0.3) is 0 Å². The summed E-state index contributed by atoms with van der Waals surface area (Å²) in [4.78, 5) is 2.44. The summed E-state index contributed by atoms with van der Waals surface area (Å²) < 4.78 is 5.45. The highest BCUT2D eigenvalue weighted by Crippen LogP contribution is 2.16. The van der Waals surface area contributed by atoms with Crippen molar-refractivity contribution in [1.82, 2.24) is 10.2 Å². The van der Waals surface area contributed by atoms with Gasteiger partial charge in [-0.25, -0.2) is 0 Å². The van der Waals surface area contributed by atoms with Gasteiger partial charge in [-0.1, -0.05) is 42.5 Å². The van der Waals surface area contributed by atoms with Crippen molar-refractivity contribution in [2.24, 2.45) is 0 Å². The Hall–Kier alpha value is -2.19. The van der Waals surface area contributed by atoms with E-state index in [1.807, 2.05) is 24.3 Å². The third-order valence-electron chi connectivity index (χ3n) is 4.36. The lowest BCUT2D eigenvalue weighted by Crippen LogP contribution is -2.41. The normalized spacial score (nSPS) is 16.5. The summed E-state index contributed by atoms with van der Waals surface area (Å²) in [7, 11) is 0. The number of nitriles is 1. The van der Waals surface area contributed by atoms with Gasteiger partial charge in [0.1, 0.15) is 0 Å². The maximum Gasteiger partial charge on any atom is 0.0991 e. The zero-order valence-corrected chi connectivity index (χ0v) is 13.8. The summed E-state index contributed by atoms with van der Waals surface area (Å²) in [6.45, 7) is 5.30. The van der Waals surface area contributed by atoms with Crippen LogP contribution in [0.4, 0.5) is 0 Å². The number of benzene rings is 2. The molecule has 4 heteroatoms. The molecular formula is C20H23N3O. The highest BCUT2D eigenvalue weighted by molar-refractivity contribution is 5.32. The molecule has 1 heterocycles. The molecule has 24 heavy (non-hydrogen) atoms. The van der Waals surface area contributed by atoms with Crippen molar-refractivity contribution in [3.05, 3.63) is 71.3 Å². The van der Waals surface area contributed by atoms with Crippen LogP contribution in [0.25, 0.3) is 0 Å². The molecule has 0 amide bonds. The van der Waals surface area contributed by atoms with Crippen molar-refractivity contribution in [3.8, 4) is 6.07 Å². The molecule has 124 valence electrons. The van der Waals surface area contributed by atoms with Gasteiger partial charge < -0.3 is 10.1 Å². The number of morpholine rings is 1. The Morgan fingerprint density at radius 2 is 1.88 bits per heavy atom. The van der Waals surface area contributed by atoms with E-state index in [4.69, 9.17) is 10.00 Å². The van der Waals surface area contributed by atoms with Crippen molar-refractivity contribution in [1.29, 1.82) is 5.26 Å². The minimum atomic E-state index is 0.259. The van der Waals surface area contributed by atoms with Crippen LogP contribution in [-0.4, -0.2) is 37.7 Å². The molecule has 1 aliphatic heterocycles. The van der Waals surface area contributed by atoms with Crippen LogP contribution in [0.15, 0.2) is 54.6 Å². The van der Waals surface area contributed by atoms with Crippen LogP contribution in [0.5, 0.6) is 0 Å². The molecule has 1 saturated heterocycles. The molecule has 0 saturated carbocycles. The van der Waals surface area contributed by atoms with Crippen LogP contribution >= 0.6 is 0 Å². The van der Waals surface area contributed by atoms with Crippen molar-refractivity contribution >= 4 is 0 Å². The highest BCUT2D eigenvalue weighted by Gasteiger charge is 2.17. The molecule has 0 aliphatic carbocycles. The maximum atomic E-state index is 9.04. The fraction of sp³-hybridized carbons (Fsp3) is 0.350. The van der Waals surface area contributed by atoms with Gasteiger partial charge in [-0.3, -0.25) is 4.90 Å². The van der Waals surface area contributed by atoms with Crippen LogP contribution in [0.3, 0.4) is 0 Å². The van der Waals surface area contributed by atoms with E-state index in [1.54, 1.807) is 0 Å². The summed E-state index contributed by atoms with van der Waals surface area (Å²) in [5.41, 5.74) is 3.14. The molecule has 2 aromatic carbocycles. The molecule has 1 atom stereocenters. The van der Waals surface area contributed by atoms with Gasteiger partial charge in [-0.05, 0) is 23.3 Å². The minimum Gasteiger partial charge on any atom is -0.379 e. The zero-order valence-electron chi connectivity index (χ0n) is 13.8. The van der Waals surface area contributed by atoms with E-state index in [0.717, 1.165) is 45.0 Å². The SMILES string of the molecule is N#Cc1cccc(CN[C@@H](CN2CCOCC2)c2ccccc2)c1. The first-order chi connectivity index (χ1) is 11.8. The first-order valence-corrected chi connectivity index (χ1v) is 8.42. The van der Waals surface area contributed by atoms with Crippen molar-refractivity contribution < 1.29 is 4.74 Å². The van der Waals surface area contributed by atoms with E-state index in [2.05, 4.69) is 46.6 Å². The van der Waals surface area contributed by atoms with E-state index < -0.39 is 0 Å². The zero-order chi connectivity index (χ0) is 16.6. The largest absolute Gasteiger partial charge is 0.379 e. The molecule has 1 N–H and O–H groups in total. The lowest BCUT2D eigenvalue weighted by Gasteiger charge is -2.31. The predicted molar refractivity (Wildman–Crippen MR) is 94.4 cm³/mol. The van der Waals surface area contributed by atoms with Crippen LogP contribution in [0.2, 0.25) is 0 Å². The Balaban J connectivity index is 1.68. The molecule has 3 rings (SSSR count). The summed E-state index contributed by atoms with van der Waals surface area (Å²) in [6, 6.07) is 20.8. The summed E-state index contributed by atoms with van der Waals surface area (Å²) in [5.74, 6) is 0. The second-order valence-electron chi connectivity index (χ2n) is 6.07. The Morgan fingerprint density at radius 3 is 2.62 bits per heavy atom. The number of nitrogens with one attached hydrogen (secondary N) is 1. The van der Waals surface area contributed by atoms with E-state index in [-0.39, 0.29) is 6.04 Å². The fourth-order valence-corrected chi connectivity index (χ4v) is 3.01. The Bertz CT molecular complexity index is 675. The minimum absolute atomic E-state index is 0.259. The topological polar surface area (TPSA) is 48.3 Å². The molecule has 2 aromatic rings. The van der Waals surface area contributed by atoms with Gasteiger partial charge in [0.2, 0.25) is 0 Å². The van der Waals surface area contributed by atoms with Crippen LogP contribution in [0.1, 0.15) is 22.7 Å². The number of hydrogen-bond acceptors (Lipinski definition) is 4. The van der Waals surface area contributed by atoms with Crippen molar-refractivity contribution in [2.75, 3.05) is 32.8 Å². The number of nitrogens with zero attached hydrogens (tertiary/aromatic N) is 2. The summed E-state index contributed by atoms with van der Waals surface area (Å²) in [5, 5.41) is 12.7. The molecule has 4 nitrogen and oxygen atoms in total. The second kappa shape index (κ2) is 8.60. The molecule has 0 aromatic heterocycles. The Labute approximate surface area is 143 Å². The molecule has 1 fully saturated rings. The number of ether oxygens (including phenoxy) is 1. The summed E-state index contributed by atoms with van der Waals surface area (Å²) in [6.07, 6.45) is 0. The smallest absolute Gasteiger partial charge is 0.0991 e. The van der Waals surface area contributed by atoms with Gasteiger partial charge in [-0.2, -0.15) is 5.26 Å². The monoisotopic (exact) mass is 321 g/mol. The van der Waals surface area contributed by atoms with Crippen molar-refractivity contribution in [2.45, 2.75) is 12.6 Å². The number of rotatable bonds is 6. The predicted octanol–water partition coefficient (Wildman–Crippen LogP) is 2.72. The van der Waals surface area contributed by atoms with Gasteiger partial charge in [0.05, 0.1) is 24.8 Å². The summed E-state index contributed by atoms with van der Waals surface area (Å²) >= 11 is 0. The van der Waals surface area contributed by atoms with Crippen molar-refractivity contribution in [3.63, 3.8) is 0 Å². The molecule has 0 unspecified atom stereocenters. The average Bonchev–Trinajstić information content (AvgIpc) is 2.67. The molecular weight excluding hydrogens is 298 g/mol. The van der Waals surface area contributed by atoms with Crippen LogP contribution in [0, 0.1) is 11.3 Å². The van der Waals surface area contributed by atoms with Gasteiger partial charge in [0.15, 0.2) is 0 Å². The van der Waals surface area contributed by atoms with Gasteiger partial charge in [-0.15, -0.1) is 0 Å².